The van der Waals surface area contributed by atoms with Crippen LogP contribution in [-0.2, 0) is 4.79 Å². The maximum absolute atomic E-state index is 11.8. The molecule has 5 heteroatoms. The van der Waals surface area contributed by atoms with Crippen LogP contribution in [0.5, 0.6) is 0 Å². The van der Waals surface area contributed by atoms with Gasteiger partial charge in [0.1, 0.15) is 6.04 Å². The molecule has 110 valence electrons. The molecule has 1 aliphatic carbocycles. The highest BCUT2D eigenvalue weighted by molar-refractivity contribution is 5.83. The second kappa shape index (κ2) is 5.80. The fourth-order valence-corrected chi connectivity index (χ4v) is 2.43. The van der Waals surface area contributed by atoms with Crippen molar-refractivity contribution < 1.29 is 14.7 Å². The zero-order valence-electron chi connectivity index (χ0n) is 12.4. The van der Waals surface area contributed by atoms with Crippen molar-refractivity contribution in [3.05, 3.63) is 0 Å². The molecule has 1 fully saturated rings. The first-order valence-corrected chi connectivity index (χ1v) is 6.97. The van der Waals surface area contributed by atoms with Gasteiger partial charge in [0.15, 0.2) is 0 Å². The molecule has 3 N–H and O–H groups in total. The van der Waals surface area contributed by atoms with Crippen LogP contribution in [0.25, 0.3) is 0 Å². The van der Waals surface area contributed by atoms with Crippen LogP contribution in [0, 0.1) is 10.8 Å². The number of hydrogen-bond donors (Lipinski definition) is 3. The van der Waals surface area contributed by atoms with Crippen molar-refractivity contribution in [1.82, 2.24) is 10.6 Å². The minimum Gasteiger partial charge on any atom is -0.480 e. The van der Waals surface area contributed by atoms with Crippen LogP contribution in [0.15, 0.2) is 0 Å². The number of carboxylic acids is 1. The molecule has 0 radical (unpaired) electrons. The summed E-state index contributed by atoms with van der Waals surface area (Å²) in [6.45, 7) is 8.16. The van der Waals surface area contributed by atoms with Gasteiger partial charge in [-0.15, -0.1) is 0 Å². The van der Waals surface area contributed by atoms with E-state index in [4.69, 9.17) is 5.11 Å². The van der Waals surface area contributed by atoms with Crippen molar-refractivity contribution in [2.45, 2.75) is 59.4 Å². The van der Waals surface area contributed by atoms with Gasteiger partial charge in [0.25, 0.3) is 0 Å². The van der Waals surface area contributed by atoms with Crippen molar-refractivity contribution in [2.24, 2.45) is 10.8 Å². The Labute approximate surface area is 115 Å². The predicted molar refractivity (Wildman–Crippen MR) is 74.0 cm³/mol. The number of nitrogens with one attached hydrogen (secondary N) is 2. The Hall–Kier alpha value is -1.26. The molecule has 19 heavy (non-hydrogen) atoms. The number of rotatable bonds is 5. The Morgan fingerprint density at radius 1 is 1.32 bits per heavy atom. The number of urea groups is 1. The highest BCUT2D eigenvalue weighted by Crippen LogP contribution is 2.42. The topological polar surface area (TPSA) is 78.4 Å². The van der Waals surface area contributed by atoms with Gasteiger partial charge in [0, 0.05) is 6.54 Å². The van der Waals surface area contributed by atoms with Crippen molar-refractivity contribution in [3.63, 3.8) is 0 Å². The molecule has 1 aliphatic rings. The summed E-state index contributed by atoms with van der Waals surface area (Å²) < 4.78 is 0. The van der Waals surface area contributed by atoms with Crippen molar-refractivity contribution >= 4 is 12.0 Å². The maximum Gasteiger partial charge on any atom is 0.326 e. The lowest BCUT2D eigenvalue weighted by Crippen LogP contribution is -2.54. The van der Waals surface area contributed by atoms with Gasteiger partial charge >= 0.3 is 12.0 Å². The Kier molecular flexibility index (Phi) is 4.82. The third-order valence-electron chi connectivity index (χ3n) is 4.18. The Bertz CT molecular complexity index is 338. The molecular formula is C14H26N2O3. The van der Waals surface area contributed by atoms with E-state index in [0.717, 1.165) is 19.3 Å². The molecule has 0 aromatic rings. The average Bonchev–Trinajstić information content (AvgIpc) is 2.23. The summed E-state index contributed by atoms with van der Waals surface area (Å²) in [7, 11) is 0. The first-order chi connectivity index (χ1) is 8.70. The van der Waals surface area contributed by atoms with Gasteiger partial charge in [-0.1, -0.05) is 34.1 Å². The molecule has 0 aromatic heterocycles. The number of aliphatic carboxylic acids is 1. The number of carbonyl (C=O) groups is 2. The molecule has 1 saturated carbocycles. The van der Waals surface area contributed by atoms with Crippen molar-refractivity contribution in [2.75, 3.05) is 6.54 Å². The standard InChI is InChI=1S/C14H26N2O3/c1-5-14(7-6-8-14)9-15-12(19)16-10(11(17)18)13(2,3)4/h10H,5-9H2,1-4H3,(H,17,18)(H2,15,16,19)/t10-/m0/s1. The van der Waals surface area contributed by atoms with Gasteiger partial charge in [-0.2, -0.15) is 0 Å². The summed E-state index contributed by atoms with van der Waals surface area (Å²) in [6.07, 6.45) is 4.56. The first kappa shape index (κ1) is 15.8. The van der Waals surface area contributed by atoms with Crippen LogP contribution in [0.4, 0.5) is 4.79 Å². The van der Waals surface area contributed by atoms with E-state index in [-0.39, 0.29) is 11.4 Å². The van der Waals surface area contributed by atoms with Gasteiger partial charge in [-0.05, 0) is 30.1 Å². The van der Waals surface area contributed by atoms with E-state index in [9.17, 15) is 9.59 Å². The van der Waals surface area contributed by atoms with E-state index >= 15 is 0 Å². The zero-order chi connectivity index (χ0) is 14.7. The molecule has 0 heterocycles. The lowest BCUT2D eigenvalue weighted by molar-refractivity contribution is -0.141. The summed E-state index contributed by atoms with van der Waals surface area (Å²) >= 11 is 0. The van der Waals surface area contributed by atoms with Crippen LogP contribution in [-0.4, -0.2) is 29.7 Å². The van der Waals surface area contributed by atoms with Gasteiger partial charge in [0.05, 0.1) is 0 Å². The zero-order valence-corrected chi connectivity index (χ0v) is 12.4. The Morgan fingerprint density at radius 3 is 2.21 bits per heavy atom. The third kappa shape index (κ3) is 4.11. The normalized spacial score (nSPS) is 19.2. The summed E-state index contributed by atoms with van der Waals surface area (Å²) in [5, 5.41) is 14.5. The molecular weight excluding hydrogens is 244 g/mol. The molecule has 0 aromatic carbocycles. The minimum absolute atomic E-state index is 0.234. The van der Waals surface area contributed by atoms with E-state index in [0.29, 0.717) is 6.54 Å². The molecule has 0 unspecified atom stereocenters. The van der Waals surface area contributed by atoms with Crippen molar-refractivity contribution in [3.8, 4) is 0 Å². The molecule has 1 rings (SSSR count). The largest absolute Gasteiger partial charge is 0.480 e. The van der Waals surface area contributed by atoms with E-state index < -0.39 is 17.4 Å². The monoisotopic (exact) mass is 270 g/mol. The van der Waals surface area contributed by atoms with Gasteiger partial charge in [-0.3, -0.25) is 0 Å². The van der Waals surface area contributed by atoms with Crippen LogP contribution in [0.2, 0.25) is 0 Å². The van der Waals surface area contributed by atoms with Crippen LogP contribution in [0.1, 0.15) is 53.4 Å². The average molecular weight is 270 g/mol. The molecule has 1 atom stereocenters. The molecule has 5 nitrogen and oxygen atoms in total. The van der Waals surface area contributed by atoms with E-state index in [1.54, 1.807) is 20.8 Å². The van der Waals surface area contributed by atoms with E-state index in [1.807, 2.05) is 0 Å². The van der Waals surface area contributed by atoms with Crippen LogP contribution < -0.4 is 10.6 Å². The minimum atomic E-state index is -1.00. The fourth-order valence-electron chi connectivity index (χ4n) is 2.43. The molecule has 0 aliphatic heterocycles. The lowest BCUT2D eigenvalue weighted by atomic mass is 9.67. The van der Waals surface area contributed by atoms with E-state index in [2.05, 4.69) is 17.6 Å². The third-order valence-corrected chi connectivity index (χ3v) is 4.18. The summed E-state index contributed by atoms with van der Waals surface area (Å²) in [6, 6.07) is -1.27. The quantitative estimate of drug-likeness (QED) is 0.717. The molecule has 0 spiro atoms. The number of hydrogen-bond acceptors (Lipinski definition) is 2. The Balaban J connectivity index is 2.47. The van der Waals surface area contributed by atoms with Crippen LogP contribution in [0.3, 0.4) is 0 Å². The van der Waals surface area contributed by atoms with E-state index in [1.165, 1.54) is 6.42 Å². The first-order valence-electron chi connectivity index (χ1n) is 6.97. The Morgan fingerprint density at radius 2 is 1.89 bits per heavy atom. The second-order valence-electron chi connectivity index (χ2n) is 6.67. The fraction of sp³-hybridized carbons (Fsp3) is 0.857. The number of carboxylic acid groups (broad SMARTS) is 1. The van der Waals surface area contributed by atoms with Crippen molar-refractivity contribution in [1.29, 1.82) is 0 Å². The lowest BCUT2D eigenvalue weighted by Gasteiger charge is -2.41. The smallest absolute Gasteiger partial charge is 0.326 e. The molecule has 0 bridgehead atoms. The number of carbonyl (C=O) groups excluding carboxylic acids is 1. The highest BCUT2D eigenvalue weighted by atomic mass is 16.4. The molecule has 0 saturated heterocycles. The maximum atomic E-state index is 11.8. The summed E-state index contributed by atoms with van der Waals surface area (Å²) in [5.74, 6) is -1.00. The number of amides is 2. The van der Waals surface area contributed by atoms with Gasteiger partial charge < -0.3 is 15.7 Å². The summed E-state index contributed by atoms with van der Waals surface area (Å²) in [5.41, 5.74) is -0.278. The van der Waals surface area contributed by atoms with Crippen LogP contribution >= 0.6 is 0 Å². The predicted octanol–water partition coefficient (Wildman–Crippen LogP) is 2.37. The van der Waals surface area contributed by atoms with Gasteiger partial charge in [0.2, 0.25) is 0 Å². The SMILES string of the molecule is CCC1(CNC(=O)N[C@@H](C(=O)O)C(C)(C)C)CCC1. The summed E-state index contributed by atoms with van der Waals surface area (Å²) in [4.78, 5) is 23.0. The molecule has 2 amide bonds. The second-order valence-corrected chi connectivity index (χ2v) is 6.67. The van der Waals surface area contributed by atoms with Gasteiger partial charge in [-0.25, -0.2) is 9.59 Å². The highest BCUT2D eigenvalue weighted by Gasteiger charge is 2.36.